The minimum Gasteiger partial charge on any atom is -0.444 e. The number of ether oxygens (including phenoxy) is 1. The number of rotatable bonds is 0. The summed E-state index contributed by atoms with van der Waals surface area (Å²) in [4.78, 5) is 14.1. The van der Waals surface area contributed by atoms with Crippen LogP contribution in [0.25, 0.3) is 0 Å². The number of nitrogens with one attached hydrogen (secondary N) is 1. The maximum Gasteiger partial charge on any atom is 0.410 e. The van der Waals surface area contributed by atoms with Crippen LogP contribution in [0, 0.1) is 0 Å². The van der Waals surface area contributed by atoms with Gasteiger partial charge < -0.3 is 15.0 Å². The SMILES string of the molecule is CC1Nc2ccccc2C12CCN(C(=O)OC(C)(C)C)CC2. The summed E-state index contributed by atoms with van der Waals surface area (Å²) in [6, 6.07) is 8.98. The number of para-hydroxylation sites is 1. The summed E-state index contributed by atoms with van der Waals surface area (Å²) in [6.07, 6.45) is 1.78. The minimum absolute atomic E-state index is 0.148. The number of benzene rings is 1. The van der Waals surface area contributed by atoms with Gasteiger partial charge in [0.25, 0.3) is 0 Å². The molecule has 0 aliphatic carbocycles. The van der Waals surface area contributed by atoms with Gasteiger partial charge in [-0.15, -0.1) is 0 Å². The van der Waals surface area contributed by atoms with Crippen molar-refractivity contribution in [2.75, 3.05) is 18.4 Å². The Balaban J connectivity index is 1.73. The fourth-order valence-corrected chi connectivity index (χ4v) is 3.76. The van der Waals surface area contributed by atoms with Crippen molar-refractivity contribution in [3.8, 4) is 0 Å². The van der Waals surface area contributed by atoms with E-state index in [1.54, 1.807) is 0 Å². The first-order chi connectivity index (χ1) is 10.3. The van der Waals surface area contributed by atoms with E-state index in [1.165, 1.54) is 11.3 Å². The molecule has 1 aromatic carbocycles. The summed E-state index contributed by atoms with van der Waals surface area (Å²) in [7, 11) is 0. The number of carbonyl (C=O) groups excluding carboxylic acids is 1. The van der Waals surface area contributed by atoms with Crippen molar-refractivity contribution in [3.05, 3.63) is 29.8 Å². The Bertz CT molecular complexity index is 569. The van der Waals surface area contributed by atoms with Crippen molar-refractivity contribution >= 4 is 11.8 Å². The van der Waals surface area contributed by atoms with E-state index in [-0.39, 0.29) is 11.5 Å². The Hall–Kier alpha value is -1.71. The average molecular weight is 302 g/mol. The molecule has 22 heavy (non-hydrogen) atoms. The van der Waals surface area contributed by atoms with Gasteiger partial charge in [0.2, 0.25) is 0 Å². The molecule has 120 valence electrons. The Morgan fingerprint density at radius 1 is 1.27 bits per heavy atom. The number of anilines is 1. The van der Waals surface area contributed by atoms with Gasteiger partial charge in [0, 0.05) is 30.2 Å². The minimum atomic E-state index is -0.430. The zero-order valence-corrected chi connectivity index (χ0v) is 14.0. The Morgan fingerprint density at radius 2 is 1.91 bits per heavy atom. The molecule has 0 radical (unpaired) electrons. The molecular weight excluding hydrogens is 276 g/mol. The van der Waals surface area contributed by atoms with E-state index in [0.717, 1.165) is 25.9 Å². The lowest BCUT2D eigenvalue weighted by molar-refractivity contribution is 0.0160. The predicted octanol–water partition coefficient (Wildman–Crippen LogP) is 3.77. The molecule has 0 saturated carbocycles. The highest BCUT2D eigenvalue weighted by molar-refractivity contribution is 5.69. The standard InChI is InChI=1S/C18H26N2O2/c1-13-18(14-7-5-6-8-15(14)19-13)9-11-20(12-10-18)16(21)22-17(2,3)4/h5-8,13,19H,9-12H2,1-4H3. The van der Waals surface area contributed by atoms with Gasteiger partial charge in [-0.05, 0) is 52.2 Å². The van der Waals surface area contributed by atoms with E-state index in [4.69, 9.17) is 4.74 Å². The van der Waals surface area contributed by atoms with Crippen molar-refractivity contribution in [2.45, 2.75) is 57.6 Å². The zero-order valence-electron chi connectivity index (χ0n) is 14.0. The van der Waals surface area contributed by atoms with Gasteiger partial charge >= 0.3 is 6.09 Å². The summed E-state index contributed by atoms with van der Waals surface area (Å²) < 4.78 is 5.50. The number of fused-ring (bicyclic) bond motifs is 2. The van der Waals surface area contributed by atoms with E-state index >= 15 is 0 Å². The molecule has 1 fully saturated rings. The van der Waals surface area contributed by atoms with Crippen LogP contribution in [0.3, 0.4) is 0 Å². The molecule has 0 bridgehead atoms. The molecule has 1 unspecified atom stereocenters. The number of hydrogen-bond donors (Lipinski definition) is 1. The highest BCUT2D eigenvalue weighted by Crippen LogP contribution is 2.47. The lowest BCUT2D eigenvalue weighted by Gasteiger charge is -2.42. The van der Waals surface area contributed by atoms with Gasteiger partial charge in [-0.25, -0.2) is 4.79 Å². The highest BCUT2D eigenvalue weighted by atomic mass is 16.6. The molecule has 2 aliphatic rings. The van der Waals surface area contributed by atoms with Crippen LogP contribution in [0.1, 0.15) is 46.1 Å². The second-order valence-electron chi connectivity index (χ2n) is 7.54. The summed E-state index contributed by atoms with van der Waals surface area (Å²) >= 11 is 0. The molecule has 1 amide bonds. The first-order valence-electron chi connectivity index (χ1n) is 8.16. The molecule has 1 atom stereocenters. The van der Waals surface area contributed by atoms with Crippen LogP contribution in [-0.4, -0.2) is 35.7 Å². The highest BCUT2D eigenvalue weighted by Gasteiger charge is 2.47. The topological polar surface area (TPSA) is 41.6 Å². The Kier molecular flexibility index (Phi) is 3.58. The monoisotopic (exact) mass is 302 g/mol. The normalized spacial score (nSPS) is 23.1. The lowest BCUT2D eigenvalue weighted by atomic mass is 9.70. The van der Waals surface area contributed by atoms with Crippen LogP contribution in [0.15, 0.2) is 24.3 Å². The first-order valence-corrected chi connectivity index (χ1v) is 8.16. The van der Waals surface area contributed by atoms with Gasteiger partial charge in [-0.3, -0.25) is 0 Å². The third-order valence-electron chi connectivity index (χ3n) is 4.97. The second-order valence-corrected chi connectivity index (χ2v) is 7.54. The molecule has 0 aromatic heterocycles. The van der Waals surface area contributed by atoms with Gasteiger partial charge in [0.05, 0.1) is 0 Å². The molecule has 2 heterocycles. The van der Waals surface area contributed by atoms with Crippen LogP contribution >= 0.6 is 0 Å². The predicted molar refractivity (Wildman–Crippen MR) is 88.2 cm³/mol. The molecule has 4 heteroatoms. The number of hydrogen-bond acceptors (Lipinski definition) is 3. The van der Waals surface area contributed by atoms with Crippen molar-refractivity contribution in [2.24, 2.45) is 0 Å². The molecule has 1 aromatic rings. The van der Waals surface area contributed by atoms with Crippen molar-refractivity contribution < 1.29 is 9.53 Å². The number of carbonyl (C=O) groups is 1. The molecule has 1 spiro atoms. The van der Waals surface area contributed by atoms with Gasteiger partial charge in [-0.2, -0.15) is 0 Å². The Labute approximate surface area is 132 Å². The van der Waals surface area contributed by atoms with Gasteiger partial charge in [-0.1, -0.05) is 18.2 Å². The molecule has 1 N–H and O–H groups in total. The van der Waals surface area contributed by atoms with E-state index in [0.29, 0.717) is 6.04 Å². The lowest BCUT2D eigenvalue weighted by Crippen LogP contribution is -2.50. The fourth-order valence-electron chi connectivity index (χ4n) is 3.76. The van der Waals surface area contributed by atoms with E-state index in [2.05, 4.69) is 36.5 Å². The third-order valence-corrected chi connectivity index (χ3v) is 4.97. The van der Waals surface area contributed by atoms with Crippen LogP contribution in [0.2, 0.25) is 0 Å². The average Bonchev–Trinajstić information content (AvgIpc) is 2.71. The zero-order chi connectivity index (χ0) is 16.0. The molecule has 4 nitrogen and oxygen atoms in total. The van der Waals surface area contributed by atoms with E-state index < -0.39 is 5.60 Å². The number of nitrogens with zero attached hydrogens (tertiary/aromatic N) is 1. The number of amides is 1. The first kappa shape index (κ1) is 15.2. The van der Waals surface area contributed by atoms with Crippen molar-refractivity contribution in [3.63, 3.8) is 0 Å². The molecule has 1 saturated heterocycles. The summed E-state index contributed by atoms with van der Waals surface area (Å²) in [6.45, 7) is 9.51. The second kappa shape index (κ2) is 5.18. The van der Waals surface area contributed by atoms with Gasteiger partial charge in [0.15, 0.2) is 0 Å². The molecule has 3 rings (SSSR count). The molecular formula is C18H26N2O2. The van der Waals surface area contributed by atoms with E-state index in [9.17, 15) is 4.79 Å². The smallest absolute Gasteiger partial charge is 0.410 e. The largest absolute Gasteiger partial charge is 0.444 e. The third kappa shape index (κ3) is 2.55. The molecule has 2 aliphatic heterocycles. The quantitative estimate of drug-likeness (QED) is 0.793. The summed E-state index contributed by atoms with van der Waals surface area (Å²) in [5, 5.41) is 3.61. The van der Waals surface area contributed by atoms with Crippen molar-refractivity contribution in [1.29, 1.82) is 0 Å². The number of piperidine rings is 1. The maximum absolute atomic E-state index is 12.2. The maximum atomic E-state index is 12.2. The van der Waals surface area contributed by atoms with Crippen LogP contribution in [0.4, 0.5) is 10.5 Å². The van der Waals surface area contributed by atoms with Crippen molar-refractivity contribution in [1.82, 2.24) is 4.90 Å². The summed E-state index contributed by atoms with van der Waals surface area (Å²) in [5.41, 5.74) is 2.38. The number of likely N-dealkylation sites (tertiary alicyclic amines) is 1. The van der Waals surface area contributed by atoms with Crippen LogP contribution in [0.5, 0.6) is 0 Å². The van der Waals surface area contributed by atoms with Crippen LogP contribution in [-0.2, 0) is 10.2 Å². The fraction of sp³-hybridized carbons (Fsp3) is 0.611. The summed E-state index contributed by atoms with van der Waals surface area (Å²) in [5.74, 6) is 0. The Morgan fingerprint density at radius 3 is 2.55 bits per heavy atom. The van der Waals surface area contributed by atoms with Crippen LogP contribution < -0.4 is 5.32 Å². The van der Waals surface area contributed by atoms with E-state index in [1.807, 2.05) is 25.7 Å². The van der Waals surface area contributed by atoms with Gasteiger partial charge in [0.1, 0.15) is 5.60 Å².